The van der Waals surface area contributed by atoms with Gasteiger partial charge < -0.3 is 14.2 Å². The molecule has 1 spiro atoms. The summed E-state index contributed by atoms with van der Waals surface area (Å²) in [6.07, 6.45) is -6.57. The molecule has 170 valence electrons. The largest absolute Gasteiger partial charge is 0.437 e. The fourth-order valence-corrected chi connectivity index (χ4v) is 5.15. The molecule has 1 aromatic heterocycles. The van der Waals surface area contributed by atoms with Crippen LogP contribution in [-0.2, 0) is 26.9 Å². The van der Waals surface area contributed by atoms with E-state index in [0.29, 0.717) is 0 Å². The van der Waals surface area contributed by atoms with Crippen molar-refractivity contribution in [3.63, 3.8) is 0 Å². The van der Waals surface area contributed by atoms with Gasteiger partial charge in [-0.1, -0.05) is 5.16 Å². The first kappa shape index (κ1) is 20.7. The minimum Gasteiger partial charge on any atom is -0.372 e. The molecule has 5 rings (SSSR count). The van der Waals surface area contributed by atoms with Crippen molar-refractivity contribution in [3.8, 4) is 0 Å². The molecule has 9 nitrogen and oxygen atoms in total. The third kappa shape index (κ3) is 2.60. The summed E-state index contributed by atoms with van der Waals surface area (Å²) in [5.41, 5.74) is -4.12. The van der Waals surface area contributed by atoms with Gasteiger partial charge in [0.1, 0.15) is 0 Å². The molecule has 32 heavy (non-hydrogen) atoms. The Hall–Kier alpha value is -3.22. The van der Waals surface area contributed by atoms with Crippen molar-refractivity contribution in [3.05, 3.63) is 23.1 Å². The molecule has 0 saturated carbocycles. The number of urea groups is 1. The first-order valence-electron chi connectivity index (χ1n) is 9.72. The van der Waals surface area contributed by atoms with Crippen molar-refractivity contribution >= 4 is 34.5 Å². The molecule has 13 heteroatoms. The number of nitrogens with zero attached hydrogens (tertiary/aromatic N) is 2. The minimum atomic E-state index is -4.91. The quantitative estimate of drug-likeness (QED) is 0.460. The van der Waals surface area contributed by atoms with E-state index in [1.54, 1.807) is 13.8 Å². The number of hydrogen-bond donors (Lipinski definition) is 2. The van der Waals surface area contributed by atoms with Crippen LogP contribution < -0.4 is 15.5 Å². The van der Waals surface area contributed by atoms with Crippen molar-refractivity contribution in [2.24, 2.45) is 5.41 Å². The summed E-state index contributed by atoms with van der Waals surface area (Å²) < 4.78 is 66.1. The molecule has 3 aliphatic heterocycles. The molecule has 1 aromatic carbocycles. The Bertz CT molecular complexity index is 1170. The fourth-order valence-electron chi connectivity index (χ4n) is 5.15. The maximum absolute atomic E-state index is 15.6. The second-order valence-corrected chi connectivity index (χ2v) is 8.24. The Morgan fingerprint density at radius 1 is 1.19 bits per heavy atom. The summed E-state index contributed by atoms with van der Waals surface area (Å²) in [7, 11) is 0. The third-order valence-electron chi connectivity index (χ3n) is 6.23. The zero-order valence-electron chi connectivity index (χ0n) is 16.7. The summed E-state index contributed by atoms with van der Waals surface area (Å²) in [6, 6.07) is -1.01. The molecule has 3 atom stereocenters. The number of fused-ring (bicyclic) bond motifs is 5. The van der Waals surface area contributed by atoms with Crippen LogP contribution in [0.25, 0.3) is 11.0 Å². The smallest absolute Gasteiger partial charge is 0.372 e. The number of imide groups is 2. The van der Waals surface area contributed by atoms with Gasteiger partial charge in [0.2, 0.25) is 17.4 Å². The molecule has 0 unspecified atom stereocenters. The van der Waals surface area contributed by atoms with Gasteiger partial charge in [0.15, 0.2) is 16.9 Å². The third-order valence-corrected chi connectivity index (χ3v) is 6.23. The van der Waals surface area contributed by atoms with Crippen LogP contribution in [0.3, 0.4) is 0 Å². The Labute approximate surface area is 177 Å². The topological polar surface area (TPSA) is 114 Å². The zero-order valence-corrected chi connectivity index (χ0v) is 16.7. The molecule has 3 aliphatic rings. The summed E-state index contributed by atoms with van der Waals surface area (Å²) >= 11 is 0. The predicted molar refractivity (Wildman–Crippen MR) is 97.9 cm³/mol. The number of morpholine rings is 1. The van der Waals surface area contributed by atoms with Crippen molar-refractivity contribution in [2.45, 2.75) is 44.7 Å². The Kier molecular flexibility index (Phi) is 4.14. The lowest BCUT2D eigenvalue weighted by molar-refractivity contribution is -0.153. The SMILES string of the molecule is C[C@H]1CN2c3c(cc4c(C(F)(F)F)noc4c3F)CC3(C(=O)NC(=O)NC3=O)[C@@H]2[C@@H](C)O1. The van der Waals surface area contributed by atoms with Gasteiger partial charge in [-0.05, 0) is 25.5 Å². The van der Waals surface area contributed by atoms with Crippen molar-refractivity contribution in [1.82, 2.24) is 15.8 Å². The highest BCUT2D eigenvalue weighted by Gasteiger charge is 2.63. The van der Waals surface area contributed by atoms with E-state index in [0.717, 1.165) is 6.07 Å². The van der Waals surface area contributed by atoms with Gasteiger partial charge in [0, 0.05) is 13.0 Å². The molecule has 0 bridgehead atoms. The van der Waals surface area contributed by atoms with Crippen LogP contribution in [0.4, 0.5) is 28.0 Å². The second kappa shape index (κ2) is 6.40. The Morgan fingerprint density at radius 2 is 1.84 bits per heavy atom. The molecule has 0 radical (unpaired) electrons. The predicted octanol–water partition coefficient (Wildman–Crippen LogP) is 1.88. The van der Waals surface area contributed by atoms with Crippen LogP contribution >= 0.6 is 0 Å². The number of rotatable bonds is 0. The lowest BCUT2D eigenvalue weighted by atomic mass is 9.66. The van der Waals surface area contributed by atoms with Crippen molar-refractivity contribution in [2.75, 3.05) is 11.4 Å². The number of anilines is 1. The number of amides is 4. The normalized spacial score (nSPS) is 27.2. The number of barbiturate groups is 1. The van der Waals surface area contributed by atoms with E-state index in [1.807, 2.05) is 0 Å². The highest BCUT2D eigenvalue weighted by molar-refractivity contribution is 6.20. The van der Waals surface area contributed by atoms with Gasteiger partial charge >= 0.3 is 12.2 Å². The number of ether oxygens (including phenoxy) is 1. The van der Waals surface area contributed by atoms with Crippen LogP contribution in [0.1, 0.15) is 25.1 Å². The van der Waals surface area contributed by atoms with E-state index < -0.39 is 76.6 Å². The van der Waals surface area contributed by atoms with Gasteiger partial charge in [-0.25, -0.2) is 9.18 Å². The molecule has 4 heterocycles. The van der Waals surface area contributed by atoms with E-state index in [9.17, 15) is 27.6 Å². The fraction of sp³-hybridized carbons (Fsp3) is 0.474. The number of alkyl halides is 3. The van der Waals surface area contributed by atoms with Crippen molar-refractivity contribution < 1.29 is 41.2 Å². The number of carbonyl (C=O) groups excluding carboxylic acids is 3. The maximum atomic E-state index is 15.6. The standard InChI is InChI=1S/C19H16F4N4O5/c1-6-5-27-11-8(3-9-12(10(11)20)32-26-13(9)19(21,22)23)4-18(14(27)7(2)31-6)15(28)24-17(30)25-16(18)29/h3,6-7,14H,4-5H2,1-2H3,(H2,24,25,28,29,30)/t6-,7+,14-/m0/s1. The average molecular weight is 456 g/mol. The lowest BCUT2D eigenvalue weighted by Crippen LogP contribution is -2.75. The first-order chi connectivity index (χ1) is 14.9. The van der Waals surface area contributed by atoms with Gasteiger partial charge in [-0.2, -0.15) is 13.2 Å². The maximum Gasteiger partial charge on any atom is 0.437 e. The summed E-state index contributed by atoms with van der Waals surface area (Å²) in [4.78, 5) is 39.2. The number of hydrogen-bond acceptors (Lipinski definition) is 7. The monoisotopic (exact) mass is 456 g/mol. The highest BCUT2D eigenvalue weighted by Crippen LogP contribution is 2.50. The second-order valence-electron chi connectivity index (χ2n) is 8.24. The van der Waals surface area contributed by atoms with Crippen LogP contribution in [0.15, 0.2) is 10.6 Å². The highest BCUT2D eigenvalue weighted by atomic mass is 19.4. The minimum absolute atomic E-state index is 0.0131. The van der Waals surface area contributed by atoms with Gasteiger partial charge in [0.25, 0.3) is 0 Å². The molecular formula is C19H16F4N4O5. The molecule has 2 fully saturated rings. The molecular weight excluding hydrogens is 440 g/mol. The summed E-state index contributed by atoms with van der Waals surface area (Å²) in [5, 5.41) is 6.47. The first-order valence-corrected chi connectivity index (χ1v) is 9.72. The molecule has 2 N–H and O–H groups in total. The summed E-state index contributed by atoms with van der Waals surface area (Å²) in [5.74, 6) is -2.94. The van der Waals surface area contributed by atoms with Crippen LogP contribution in [0.2, 0.25) is 0 Å². The number of nitrogens with one attached hydrogen (secondary N) is 2. The van der Waals surface area contributed by atoms with Gasteiger partial charge in [0.05, 0.1) is 29.3 Å². The van der Waals surface area contributed by atoms with E-state index >= 15 is 4.39 Å². The Balaban J connectivity index is 1.79. The number of carbonyl (C=O) groups is 3. The molecule has 4 amide bonds. The van der Waals surface area contributed by atoms with E-state index in [2.05, 4.69) is 15.8 Å². The lowest BCUT2D eigenvalue weighted by Gasteiger charge is -2.55. The number of halogens is 4. The van der Waals surface area contributed by atoms with E-state index in [-0.39, 0.29) is 17.8 Å². The molecule has 0 aliphatic carbocycles. The van der Waals surface area contributed by atoms with Crippen molar-refractivity contribution in [1.29, 1.82) is 0 Å². The van der Waals surface area contributed by atoms with E-state index in [4.69, 9.17) is 9.26 Å². The van der Waals surface area contributed by atoms with E-state index in [1.165, 1.54) is 4.90 Å². The van der Waals surface area contributed by atoms with Crippen LogP contribution in [-0.4, -0.2) is 47.8 Å². The molecule has 2 saturated heterocycles. The van der Waals surface area contributed by atoms with Gasteiger partial charge in [-0.3, -0.25) is 20.2 Å². The average Bonchev–Trinajstić information content (AvgIpc) is 3.10. The molecule has 2 aromatic rings. The van der Waals surface area contributed by atoms with Gasteiger partial charge in [-0.15, -0.1) is 0 Å². The number of benzene rings is 1. The summed E-state index contributed by atoms with van der Waals surface area (Å²) in [6.45, 7) is 3.34. The van der Waals surface area contributed by atoms with Crippen LogP contribution in [0, 0.1) is 11.2 Å². The zero-order chi connectivity index (χ0) is 23.2. The van der Waals surface area contributed by atoms with Crippen LogP contribution in [0.5, 0.6) is 0 Å². The Morgan fingerprint density at radius 3 is 2.47 bits per heavy atom. The number of aromatic nitrogens is 1.